The SMILES string of the molecule is CC(=O)COC(=O)c1nn(-c2ccc(C)cc2C)nc1C. The third kappa shape index (κ3) is 3.34. The number of ketones is 1. The number of aromatic nitrogens is 3. The summed E-state index contributed by atoms with van der Waals surface area (Å²) in [5.41, 5.74) is 3.53. The van der Waals surface area contributed by atoms with Gasteiger partial charge in [0.1, 0.15) is 6.61 Å². The average Bonchev–Trinajstić information content (AvgIpc) is 2.77. The summed E-state index contributed by atoms with van der Waals surface area (Å²) in [6, 6.07) is 5.87. The standard InChI is InChI=1S/C15H17N3O3/c1-9-5-6-13(10(2)7-9)18-16-12(4)14(17-18)15(20)21-8-11(3)19/h5-7H,8H2,1-4H3. The third-order valence-corrected chi connectivity index (χ3v) is 2.95. The fourth-order valence-corrected chi connectivity index (χ4v) is 1.94. The van der Waals surface area contributed by atoms with Gasteiger partial charge >= 0.3 is 5.97 Å². The molecule has 0 spiro atoms. The summed E-state index contributed by atoms with van der Waals surface area (Å²) < 4.78 is 4.86. The fourth-order valence-electron chi connectivity index (χ4n) is 1.94. The van der Waals surface area contributed by atoms with Crippen molar-refractivity contribution in [2.45, 2.75) is 27.7 Å². The van der Waals surface area contributed by atoms with Gasteiger partial charge in [0.05, 0.1) is 11.4 Å². The van der Waals surface area contributed by atoms with Crippen molar-refractivity contribution in [1.29, 1.82) is 0 Å². The van der Waals surface area contributed by atoms with Crippen LogP contribution in [0, 0.1) is 20.8 Å². The van der Waals surface area contributed by atoms with Gasteiger partial charge in [0, 0.05) is 0 Å². The highest BCUT2D eigenvalue weighted by Gasteiger charge is 2.18. The van der Waals surface area contributed by atoms with Gasteiger partial charge in [-0.1, -0.05) is 17.7 Å². The maximum absolute atomic E-state index is 11.9. The van der Waals surface area contributed by atoms with E-state index in [4.69, 9.17) is 4.74 Å². The van der Waals surface area contributed by atoms with Crippen molar-refractivity contribution in [3.05, 3.63) is 40.7 Å². The molecular weight excluding hydrogens is 270 g/mol. The molecule has 6 heteroatoms. The van der Waals surface area contributed by atoms with Crippen LogP contribution in [0.3, 0.4) is 0 Å². The molecule has 0 saturated heterocycles. The van der Waals surface area contributed by atoms with Crippen LogP contribution in [0.5, 0.6) is 0 Å². The van der Waals surface area contributed by atoms with Crippen molar-refractivity contribution in [1.82, 2.24) is 15.0 Å². The molecule has 110 valence electrons. The number of carbonyl (C=O) groups excluding carboxylic acids is 2. The molecule has 1 heterocycles. The summed E-state index contributed by atoms with van der Waals surface area (Å²) in [6.07, 6.45) is 0. The minimum absolute atomic E-state index is 0.122. The van der Waals surface area contributed by atoms with E-state index in [0.717, 1.165) is 16.8 Å². The van der Waals surface area contributed by atoms with Crippen molar-refractivity contribution in [3.8, 4) is 5.69 Å². The van der Waals surface area contributed by atoms with Gasteiger partial charge in [-0.25, -0.2) is 4.79 Å². The summed E-state index contributed by atoms with van der Waals surface area (Å²) in [4.78, 5) is 24.1. The Balaban J connectivity index is 2.30. The lowest BCUT2D eigenvalue weighted by atomic mass is 10.1. The highest BCUT2D eigenvalue weighted by Crippen LogP contribution is 2.15. The summed E-state index contributed by atoms with van der Waals surface area (Å²) in [6.45, 7) is 6.73. The Morgan fingerprint density at radius 1 is 1.19 bits per heavy atom. The van der Waals surface area contributed by atoms with Crippen LogP contribution in [0.1, 0.15) is 34.2 Å². The molecule has 0 N–H and O–H groups in total. The van der Waals surface area contributed by atoms with E-state index in [1.807, 2.05) is 32.0 Å². The predicted molar refractivity (Wildman–Crippen MR) is 76.5 cm³/mol. The van der Waals surface area contributed by atoms with Crippen LogP contribution >= 0.6 is 0 Å². The molecule has 0 aliphatic heterocycles. The number of ether oxygens (including phenoxy) is 1. The normalized spacial score (nSPS) is 10.5. The summed E-state index contributed by atoms with van der Waals surface area (Å²) in [7, 11) is 0. The van der Waals surface area contributed by atoms with Gasteiger partial charge in [0.2, 0.25) is 0 Å². The summed E-state index contributed by atoms with van der Waals surface area (Å²) in [5, 5.41) is 8.41. The van der Waals surface area contributed by atoms with E-state index in [1.165, 1.54) is 11.7 Å². The van der Waals surface area contributed by atoms with Gasteiger partial charge in [-0.2, -0.15) is 9.90 Å². The van der Waals surface area contributed by atoms with Crippen LogP contribution < -0.4 is 0 Å². The molecule has 0 amide bonds. The van der Waals surface area contributed by atoms with Gasteiger partial charge in [-0.05, 0) is 39.3 Å². The average molecular weight is 287 g/mol. The number of esters is 1. The van der Waals surface area contributed by atoms with Gasteiger partial charge in [0.15, 0.2) is 11.5 Å². The molecule has 2 aromatic rings. The van der Waals surface area contributed by atoms with Crippen molar-refractivity contribution in [3.63, 3.8) is 0 Å². The molecule has 0 unspecified atom stereocenters. The molecule has 0 aliphatic carbocycles. The molecule has 0 radical (unpaired) electrons. The van der Waals surface area contributed by atoms with Gasteiger partial charge < -0.3 is 4.74 Å². The lowest BCUT2D eigenvalue weighted by molar-refractivity contribution is -0.120. The maximum Gasteiger partial charge on any atom is 0.361 e. The second-order valence-corrected chi connectivity index (χ2v) is 4.99. The minimum atomic E-state index is -0.640. The number of aryl methyl sites for hydroxylation is 3. The predicted octanol–water partition coefficient (Wildman–Crippen LogP) is 1.94. The van der Waals surface area contributed by atoms with E-state index in [2.05, 4.69) is 10.2 Å². The van der Waals surface area contributed by atoms with Crippen LogP contribution in [-0.2, 0) is 9.53 Å². The number of carbonyl (C=O) groups is 2. The molecule has 1 aromatic heterocycles. The van der Waals surface area contributed by atoms with E-state index in [9.17, 15) is 9.59 Å². The monoisotopic (exact) mass is 287 g/mol. The number of Topliss-reactive ketones (excluding diaryl/α,β-unsaturated/α-hetero) is 1. The first kappa shape index (κ1) is 14.9. The molecule has 21 heavy (non-hydrogen) atoms. The first-order chi connectivity index (χ1) is 9.88. The van der Waals surface area contributed by atoms with E-state index >= 15 is 0 Å². The lowest BCUT2D eigenvalue weighted by Crippen LogP contribution is -2.13. The largest absolute Gasteiger partial charge is 0.453 e. The van der Waals surface area contributed by atoms with Crippen molar-refractivity contribution < 1.29 is 14.3 Å². The Hall–Kier alpha value is -2.50. The topological polar surface area (TPSA) is 74.1 Å². The molecule has 1 aromatic carbocycles. The minimum Gasteiger partial charge on any atom is -0.453 e. The zero-order valence-corrected chi connectivity index (χ0v) is 12.5. The quantitative estimate of drug-likeness (QED) is 0.803. The Morgan fingerprint density at radius 3 is 2.52 bits per heavy atom. The first-order valence-electron chi connectivity index (χ1n) is 6.56. The third-order valence-electron chi connectivity index (χ3n) is 2.95. The van der Waals surface area contributed by atoms with Crippen LogP contribution in [-0.4, -0.2) is 33.4 Å². The van der Waals surface area contributed by atoms with E-state index in [-0.39, 0.29) is 18.1 Å². The fraction of sp³-hybridized carbons (Fsp3) is 0.333. The van der Waals surface area contributed by atoms with Crippen LogP contribution in [0.15, 0.2) is 18.2 Å². The number of nitrogens with zero attached hydrogens (tertiary/aromatic N) is 3. The Morgan fingerprint density at radius 2 is 1.90 bits per heavy atom. The van der Waals surface area contributed by atoms with Crippen LogP contribution in [0.4, 0.5) is 0 Å². The van der Waals surface area contributed by atoms with E-state index in [0.29, 0.717) is 5.69 Å². The number of hydrogen-bond acceptors (Lipinski definition) is 5. The number of rotatable bonds is 4. The van der Waals surface area contributed by atoms with Gasteiger partial charge in [0.25, 0.3) is 0 Å². The highest BCUT2D eigenvalue weighted by atomic mass is 16.5. The number of hydrogen-bond donors (Lipinski definition) is 0. The Labute approximate surface area is 122 Å². The van der Waals surface area contributed by atoms with Crippen molar-refractivity contribution in [2.24, 2.45) is 0 Å². The molecule has 0 fully saturated rings. The number of benzene rings is 1. The Bertz CT molecular complexity index is 704. The maximum atomic E-state index is 11.9. The van der Waals surface area contributed by atoms with Crippen molar-refractivity contribution >= 4 is 11.8 Å². The molecule has 2 rings (SSSR count). The summed E-state index contributed by atoms with van der Waals surface area (Å²) in [5.74, 6) is -0.860. The second kappa shape index (κ2) is 5.87. The lowest BCUT2D eigenvalue weighted by Gasteiger charge is -2.04. The van der Waals surface area contributed by atoms with E-state index < -0.39 is 5.97 Å². The highest BCUT2D eigenvalue weighted by molar-refractivity contribution is 5.90. The van der Waals surface area contributed by atoms with Gasteiger partial charge in [-0.3, -0.25) is 4.79 Å². The molecular formula is C15H17N3O3. The molecule has 0 bridgehead atoms. The van der Waals surface area contributed by atoms with E-state index in [1.54, 1.807) is 6.92 Å². The first-order valence-corrected chi connectivity index (χ1v) is 6.56. The summed E-state index contributed by atoms with van der Waals surface area (Å²) >= 11 is 0. The molecule has 0 atom stereocenters. The van der Waals surface area contributed by atoms with Gasteiger partial charge in [-0.15, -0.1) is 5.10 Å². The molecule has 6 nitrogen and oxygen atoms in total. The Kier molecular flexibility index (Phi) is 4.16. The van der Waals surface area contributed by atoms with Crippen LogP contribution in [0.2, 0.25) is 0 Å². The second-order valence-electron chi connectivity index (χ2n) is 4.99. The zero-order chi connectivity index (χ0) is 15.6. The molecule has 0 saturated carbocycles. The van der Waals surface area contributed by atoms with Crippen LogP contribution in [0.25, 0.3) is 5.69 Å². The molecule has 0 aliphatic rings. The van der Waals surface area contributed by atoms with Crippen molar-refractivity contribution in [2.75, 3.05) is 6.61 Å². The zero-order valence-electron chi connectivity index (χ0n) is 12.5. The smallest absolute Gasteiger partial charge is 0.361 e.